The number of esters is 1. The summed E-state index contributed by atoms with van der Waals surface area (Å²) in [6, 6.07) is 9.62. The molecule has 8 heteroatoms. The number of methoxy groups -OCH3 is 1. The van der Waals surface area contributed by atoms with Crippen LogP contribution in [0, 0.1) is 0 Å². The second-order valence-electron chi connectivity index (χ2n) is 11.0. The highest BCUT2D eigenvalue weighted by atomic mass is 16.7. The molecular weight excluding hydrogens is 510 g/mol. The van der Waals surface area contributed by atoms with Crippen LogP contribution in [0.25, 0.3) is 0 Å². The highest BCUT2D eigenvalue weighted by molar-refractivity contribution is 6.00. The molecule has 0 unspecified atom stereocenters. The number of allylic oxidation sites excluding steroid dienone is 1. The van der Waals surface area contributed by atoms with E-state index in [2.05, 4.69) is 19.1 Å². The topological polar surface area (TPSA) is 84.8 Å². The monoisotopic (exact) mass is 557 g/mol. The lowest BCUT2D eigenvalue weighted by atomic mass is 9.92. The third-order valence-corrected chi connectivity index (χ3v) is 7.94. The van der Waals surface area contributed by atoms with Crippen molar-refractivity contribution < 1.29 is 33.2 Å². The third kappa shape index (κ3) is 7.93. The van der Waals surface area contributed by atoms with Gasteiger partial charge in [0.15, 0.2) is 11.9 Å². The second-order valence-corrected chi connectivity index (χ2v) is 11.0. The van der Waals surface area contributed by atoms with Crippen molar-refractivity contribution in [3.8, 4) is 0 Å². The molecule has 2 fully saturated rings. The van der Waals surface area contributed by atoms with E-state index in [1.807, 2.05) is 30.3 Å². The Labute approximate surface area is 239 Å². The second kappa shape index (κ2) is 15.7. The van der Waals surface area contributed by atoms with Gasteiger partial charge in [-0.05, 0) is 37.8 Å². The van der Waals surface area contributed by atoms with E-state index in [1.165, 1.54) is 38.5 Å². The molecule has 0 aromatic heterocycles. The Kier molecular flexibility index (Phi) is 12.0. The van der Waals surface area contributed by atoms with Crippen LogP contribution in [0.1, 0.15) is 89.5 Å². The molecule has 3 atom stereocenters. The molecule has 8 nitrogen and oxygen atoms in total. The minimum atomic E-state index is -1.21. The highest BCUT2D eigenvalue weighted by Crippen LogP contribution is 2.40. The predicted molar refractivity (Wildman–Crippen MR) is 153 cm³/mol. The summed E-state index contributed by atoms with van der Waals surface area (Å²) in [5.74, 6) is -0.285. The van der Waals surface area contributed by atoms with Gasteiger partial charge in [-0.3, -0.25) is 0 Å². The third-order valence-electron chi connectivity index (χ3n) is 7.94. The van der Waals surface area contributed by atoms with Gasteiger partial charge in [0, 0.05) is 31.9 Å². The summed E-state index contributed by atoms with van der Waals surface area (Å²) in [5, 5.41) is 0. The van der Waals surface area contributed by atoms with Crippen molar-refractivity contribution in [2.75, 3.05) is 33.7 Å². The summed E-state index contributed by atoms with van der Waals surface area (Å²) in [5.41, 5.74) is -0.374. The molecule has 3 aliphatic rings. The van der Waals surface area contributed by atoms with Crippen LogP contribution in [0.2, 0.25) is 0 Å². The maximum absolute atomic E-state index is 13.0. The van der Waals surface area contributed by atoms with Crippen molar-refractivity contribution in [1.82, 2.24) is 0 Å². The molecule has 0 saturated carbocycles. The SMILES string of the molecule is CCCCCCC1(CCCCCC/C=C/C[C@H]2OC(=O)[C@@]3(COCOC)N=C(c4ccccc4)O[C@@H]23)OCCO1. The lowest BCUT2D eigenvalue weighted by Crippen LogP contribution is -2.46. The van der Waals surface area contributed by atoms with Gasteiger partial charge in [-0.25, -0.2) is 9.79 Å². The van der Waals surface area contributed by atoms with E-state index in [0.717, 1.165) is 50.9 Å². The summed E-state index contributed by atoms with van der Waals surface area (Å²) >= 11 is 0. The molecule has 2 saturated heterocycles. The Morgan fingerprint density at radius 2 is 1.68 bits per heavy atom. The summed E-state index contributed by atoms with van der Waals surface area (Å²) in [4.78, 5) is 17.7. The van der Waals surface area contributed by atoms with Gasteiger partial charge >= 0.3 is 5.97 Å². The van der Waals surface area contributed by atoms with Gasteiger partial charge in [0.05, 0.1) is 19.8 Å². The summed E-state index contributed by atoms with van der Waals surface area (Å²) < 4.78 is 34.6. The van der Waals surface area contributed by atoms with E-state index in [-0.39, 0.29) is 19.2 Å². The number of benzene rings is 1. The minimum absolute atomic E-state index is 0.0526. The molecule has 0 N–H and O–H groups in total. The highest BCUT2D eigenvalue weighted by Gasteiger charge is 2.63. The quantitative estimate of drug-likeness (QED) is 0.0877. The average Bonchev–Trinajstić information content (AvgIpc) is 3.66. The molecule has 4 rings (SSSR count). The first-order valence-corrected chi connectivity index (χ1v) is 15.1. The van der Waals surface area contributed by atoms with E-state index >= 15 is 0 Å². The van der Waals surface area contributed by atoms with E-state index in [0.29, 0.717) is 12.3 Å². The molecular formula is C32H47NO7. The molecule has 3 aliphatic heterocycles. The summed E-state index contributed by atoms with van der Waals surface area (Å²) in [7, 11) is 1.55. The fourth-order valence-corrected chi connectivity index (χ4v) is 5.76. The van der Waals surface area contributed by atoms with Gasteiger partial charge in [0.2, 0.25) is 11.4 Å². The van der Waals surface area contributed by atoms with Gasteiger partial charge in [-0.15, -0.1) is 0 Å². The maximum atomic E-state index is 13.0. The zero-order valence-electron chi connectivity index (χ0n) is 24.3. The number of carbonyl (C=O) groups excluding carboxylic acids is 1. The molecule has 0 radical (unpaired) electrons. The van der Waals surface area contributed by atoms with Crippen molar-refractivity contribution >= 4 is 11.9 Å². The Bertz CT molecular complexity index is 959. The number of nitrogens with zero attached hydrogens (tertiary/aromatic N) is 1. The number of aliphatic imine (C=N–C) groups is 1. The summed E-state index contributed by atoms with van der Waals surface area (Å²) in [6.07, 6.45) is 16.5. The first kappa shape index (κ1) is 30.7. The fraction of sp³-hybridized carbons (Fsp3) is 0.688. The lowest BCUT2D eigenvalue weighted by Gasteiger charge is -2.27. The smallest absolute Gasteiger partial charge is 0.341 e. The standard InChI is InChI=1S/C32H47NO7/c1-3-4-5-15-20-31(37-22-23-38-31)21-16-10-8-6-7-9-14-19-27-28-32(30(34)39-27,24-36-25-35-2)33-29(40-28)26-17-12-11-13-18-26/h9,11-14,17-18,27-28H,3-8,10,15-16,19-25H2,1-2H3/b14-9+/t27-,28+,32+/m1/s1. The van der Waals surface area contributed by atoms with Gasteiger partial charge in [0.1, 0.15) is 12.9 Å². The number of rotatable bonds is 19. The van der Waals surface area contributed by atoms with Gasteiger partial charge in [-0.2, -0.15) is 0 Å². The summed E-state index contributed by atoms with van der Waals surface area (Å²) in [6.45, 7) is 3.81. The van der Waals surface area contributed by atoms with Crippen molar-refractivity contribution in [3.05, 3.63) is 48.0 Å². The van der Waals surface area contributed by atoms with Gasteiger partial charge in [0.25, 0.3) is 0 Å². The van der Waals surface area contributed by atoms with Crippen LogP contribution >= 0.6 is 0 Å². The normalized spacial score (nSPS) is 25.2. The lowest BCUT2D eigenvalue weighted by molar-refractivity contribution is -0.168. The number of hydrogen-bond donors (Lipinski definition) is 0. The number of carbonyl (C=O) groups is 1. The van der Waals surface area contributed by atoms with E-state index in [4.69, 9.17) is 33.4 Å². The molecule has 222 valence electrons. The van der Waals surface area contributed by atoms with Gasteiger partial charge in [-0.1, -0.05) is 69.4 Å². The molecule has 1 aromatic rings. The van der Waals surface area contributed by atoms with E-state index in [1.54, 1.807) is 7.11 Å². The Balaban J connectivity index is 1.19. The number of hydrogen-bond acceptors (Lipinski definition) is 8. The average molecular weight is 558 g/mol. The van der Waals surface area contributed by atoms with Crippen LogP contribution in [0.15, 0.2) is 47.5 Å². The number of ether oxygens (including phenoxy) is 6. The molecule has 0 amide bonds. The van der Waals surface area contributed by atoms with Crippen LogP contribution < -0.4 is 0 Å². The van der Waals surface area contributed by atoms with E-state index < -0.39 is 23.7 Å². The zero-order valence-corrected chi connectivity index (χ0v) is 24.3. The molecule has 0 spiro atoms. The maximum Gasteiger partial charge on any atom is 0.341 e. The molecule has 3 heterocycles. The molecule has 40 heavy (non-hydrogen) atoms. The number of unbranched alkanes of at least 4 members (excludes halogenated alkanes) is 7. The minimum Gasteiger partial charge on any atom is -0.467 e. The van der Waals surface area contributed by atoms with Crippen molar-refractivity contribution in [1.29, 1.82) is 0 Å². The first-order chi connectivity index (χ1) is 19.6. The predicted octanol–water partition coefficient (Wildman–Crippen LogP) is 6.12. The van der Waals surface area contributed by atoms with Crippen LogP contribution in [0.4, 0.5) is 0 Å². The fourth-order valence-electron chi connectivity index (χ4n) is 5.76. The van der Waals surface area contributed by atoms with Crippen LogP contribution in [0.5, 0.6) is 0 Å². The Hall–Kier alpha value is -2.26. The van der Waals surface area contributed by atoms with E-state index in [9.17, 15) is 4.79 Å². The van der Waals surface area contributed by atoms with Crippen LogP contribution in [-0.2, 0) is 33.2 Å². The molecule has 0 aliphatic carbocycles. The van der Waals surface area contributed by atoms with Crippen molar-refractivity contribution in [2.24, 2.45) is 4.99 Å². The molecule has 0 bridgehead atoms. The zero-order chi connectivity index (χ0) is 28.1. The first-order valence-electron chi connectivity index (χ1n) is 15.1. The van der Waals surface area contributed by atoms with Crippen molar-refractivity contribution in [2.45, 2.75) is 108 Å². The van der Waals surface area contributed by atoms with Crippen molar-refractivity contribution in [3.63, 3.8) is 0 Å². The Morgan fingerprint density at radius 1 is 0.950 bits per heavy atom. The number of cyclic esters (lactones) is 1. The number of fused-ring (bicyclic) bond motifs is 1. The van der Waals surface area contributed by atoms with Gasteiger partial charge < -0.3 is 28.4 Å². The Morgan fingerprint density at radius 3 is 2.40 bits per heavy atom. The van der Waals surface area contributed by atoms with Crippen LogP contribution in [0.3, 0.4) is 0 Å². The van der Waals surface area contributed by atoms with Crippen LogP contribution in [-0.4, -0.2) is 69.1 Å². The largest absolute Gasteiger partial charge is 0.467 e. The molecule has 1 aromatic carbocycles.